The minimum atomic E-state index is 0.736. The van der Waals surface area contributed by atoms with Crippen LogP contribution in [0.25, 0.3) is 10.2 Å². The zero-order valence-electron chi connectivity index (χ0n) is 9.45. The summed E-state index contributed by atoms with van der Waals surface area (Å²) in [5, 5.41) is 3.92. The van der Waals surface area contributed by atoms with Gasteiger partial charge in [-0.3, -0.25) is 5.01 Å². The number of fused-ring (bicyclic) bond motifs is 1. The Balaban J connectivity index is 1.96. The van der Waals surface area contributed by atoms with Crippen LogP contribution >= 0.6 is 22.9 Å². The Morgan fingerprint density at radius 1 is 1.29 bits per heavy atom. The lowest BCUT2D eigenvalue weighted by Gasteiger charge is -2.19. The highest BCUT2D eigenvalue weighted by atomic mass is 35.5. The monoisotopic (exact) mass is 267 g/mol. The van der Waals surface area contributed by atoms with E-state index in [1.165, 1.54) is 19.3 Å². The van der Waals surface area contributed by atoms with E-state index in [4.69, 9.17) is 11.6 Å². The number of thiazole rings is 1. The summed E-state index contributed by atoms with van der Waals surface area (Å²) in [5.74, 6) is 0. The highest BCUT2D eigenvalue weighted by molar-refractivity contribution is 7.22. The Hall–Kier alpha value is -0.840. The molecule has 3 rings (SSSR count). The first-order chi connectivity index (χ1) is 8.34. The highest BCUT2D eigenvalue weighted by Gasteiger charge is 2.14. The first kappa shape index (κ1) is 11.3. The zero-order valence-corrected chi connectivity index (χ0v) is 11.0. The van der Waals surface area contributed by atoms with E-state index in [9.17, 15) is 0 Å². The van der Waals surface area contributed by atoms with Crippen molar-refractivity contribution in [1.29, 1.82) is 0 Å². The summed E-state index contributed by atoms with van der Waals surface area (Å²) < 4.78 is 1.15. The number of hydrazine groups is 1. The van der Waals surface area contributed by atoms with E-state index in [0.717, 1.165) is 33.5 Å². The molecule has 1 aliphatic heterocycles. The quantitative estimate of drug-likeness (QED) is 0.858. The maximum absolute atomic E-state index is 6.15. The number of rotatable bonds is 1. The van der Waals surface area contributed by atoms with Crippen LogP contribution in [0.1, 0.15) is 19.3 Å². The van der Waals surface area contributed by atoms with E-state index < -0.39 is 0 Å². The lowest BCUT2D eigenvalue weighted by molar-refractivity contribution is 0.659. The number of nitrogens with one attached hydrogen (secondary N) is 1. The molecule has 1 fully saturated rings. The first-order valence-corrected chi connectivity index (χ1v) is 7.10. The molecule has 0 atom stereocenters. The van der Waals surface area contributed by atoms with Crippen molar-refractivity contribution in [3.8, 4) is 0 Å². The molecule has 1 aromatic carbocycles. The largest absolute Gasteiger partial charge is 0.283 e. The first-order valence-electron chi connectivity index (χ1n) is 5.91. The van der Waals surface area contributed by atoms with Crippen molar-refractivity contribution in [2.45, 2.75) is 19.3 Å². The molecule has 0 spiro atoms. The summed E-state index contributed by atoms with van der Waals surface area (Å²) >= 11 is 7.84. The maximum atomic E-state index is 6.15. The lowest BCUT2D eigenvalue weighted by Crippen LogP contribution is -2.37. The van der Waals surface area contributed by atoms with E-state index in [1.807, 2.05) is 12.1 Å². The van der Waals surface area contributed by atoms with Crippen LogP contribution in [0.4, 0.5) is 5.13 Å². The van der Waals surface area contributed by atoms with E-state index in [2.05, 4.69) is 21.5 Å². The predicted octanol–water partition coefficient (Wildman–Crippen LogP) is 3.44. The van der Waals surface area contributed by atoms with Crippen molar-refractivity contribution in [3.05, 3.63) is 23.2 Å². The van der Waals surface area contributed by atoms with Gasteiger partial charge in [0.2, 0.25) is 5.13 Å². The molecule has 0 amide bonds. The molecule has 0 radical (unpaired) electrons. The van der Waals surface area contributed by atoms with Gasteiger partial charge in [0.15, 0.2) is 0 Å². The molecule has 3 nitrogen and oxygen atoms in total. The van der Waals surface area contributed by atoms with Gasteiger partial charge in [0.1, 0.15) is 5.52 Å². The third-order valence-corrected chi connectivity index (χ3v) is 4.30. The van der Waals surface area contributed by atoms with Gasteiger partial charge in [-0.15, -0.1) is 0 Å². The smallest absolute Gasteiger partial charge is 0.201 e. The second-order valence-corrected chi connectivity index (χ2v) is 5.62. The second kappa shape index (κ2) is 4.80. The molecule has 0 saturated carbocycles. The Morgan fingerprint density at radius 3 is 3.12 bits per heavy atom. The standard InChI is InChI=1S/C12H14ClN3S/c13-9-5-4-6-10-11(9)15-12(17-10)16-8-3-1-2-7-14-16/h4-6,14H,1-3,7-8H2. The van der Waals surface area contributed by atoms with Crippen molar-refractivity contribution in [2.24, 2.45) is 0 Å². The fraction of sp³-hybridized carbons (Fsp3) is 0.417. The minimum absolute atomic E-state index is 0.736. The molecule has 0 aliphatic carbocycles. The fourth-order valence-corrected chi connectivity index (χ4v) is 3.32. The molecule has 1 aromatic heterocycles. The molecule has 1 N–H and O–H groups in total. The van der Waals surface area contributed by atoms with Gasteiger partial charge in [-0.05, 0) is 25.0 Å². The number of benzene rings is 1. The van der Waals surface area contributed by atoms with Crippen LogP contribution in [-0.2, 0) is 0 Å². The van der Waals surface area contributed by atoms with Gasteiger partial charge in [-0.25, -0.2) is 10.4 Å². The van der Waals surface area contributed by atoms with E-state index in [1.54, 1.807) is 11.3 Å². The summed E-state index contributed by atoms with van der Waals surface area (Å²) in [5.41, 5.74) is 4.33. The van der Waals surface area contributed by atoms with Crippen molar-refractivity contribution in [1.82, 2.24) is 10.4 Å². The Morgan fingerprint density at radius 2 is 2.24 bits per heavy atom. The third-order valence-electron chi connectivity index (χ3n) is 2.95. The van der Waals surface area contributed by atoms with Crippen LogP contribution in [0.3, 0.4) is 0 Å². The van der Waals surface area contributed by atoms with E-state index in [-0.39, 0.29) is 0 Å². The summed E-state index contributed by atoms with van der Waals surface area (Å²) in [4.78, 5) is 4.63. The van der Waals surface area contributed by atoms with Gasteiger partial charge in [0.25, 0.3) is 0 Å². The van der Waals surface area contributed by atoms with E-state index >= 15 is 0 Å². The van der Waals surface area contributed by atoms with Gasteiger partial charge >= 0.3 is 0 Å². The Labute approximate surface area is 109 Å². The molecular weight excluding hydrogens is 254 g/mol. The van der Waals surface area contributed by atoms with Crippen LogP contribution in [0.15, 0.2) is 18.2 Å². The fourth-order valence-electron chi connectivity index (χ4n) is 2.05. The SMILES string of the molecule is Clc1cccc2sc(N3CCCCCN3)nc12. The van der Waals surface area contributed by atoms with Crippen LogP contribution in [0.2, 0.25) is 5.02 Å². The van der Waals surface area contributed by atoms with Crippen molar-refractivity contribution in [2.75, 3.05) is 18.1 Å². The van der Waals surface area contributed by atoms with Crippen LogP contribution in [0, 0.1) is 0 Å². The highest BCUT2D eigenvalue weighted by Crippen LogP contribution is 2.32. The molecule has 17 heavy (non-hydrogen) atoms. The number of anilines is 1. The number of hydrogen-bond acceptors (Lipinski definition) is 4. The predicted molar refractivity (Wildman–Crippen MR) is 73.8 cm³/mol. The molecule has 90 valence electrons. The molecule has 0 bridgehead atoms. The van der Waals surface area contributed by atoms with Gasteiger partial charge < -0.3 is 0 Å². The molecule has 1 aliphatic rings. The van der Waals surface area contributed by atoms with Gasteiger partial charge in [-0.2, -0.15) is 0 Å². The lowest BCUT2D eigenvalue weighted by atomic mass is 10.2. The van der Waals surface area contributed by atoms with Crippen LogP contribution in [0.5, 0.6) is 0 Å². The number of halogens is 1. The average molecular weight is 268 g/mol. The average Bonchev–Trinajstić information content (AvgIpc) is 2.59. The number of nitrogens with zero attached hydrogens (tertiary/aromatic N) is 2. The van der Waals surface area contributed by atoms with Crippen molar-refractivity contribution in [3.63, 3.8) is 0 Å². The summed E-state index contributed by atoms with van der Waals surface area (Å²) in [7, 11) is 0. The molecule has 5 heteroatoms. The summed E-state index contributed by atoms with van der Waals surface area (Å²) in [6, 6.07) is 5.94. The molecule has 0 unspecified atom stereocenters. The Bertz CT molecular complexity index is 517. The second-order valence-electron chi connectivity index (χ2n) is 4.20. The normalized spacial score (nSPS) is 17.4. The maximum Gasteiger partial charge on any atom is 0.201 e. The topological polar surface area (TPSA) is 28.2 Å². The Kier molecular flexibility index (Phi) is 3.18. The summed E-state index contributed by atoms with van der Waals surface area (Å²) in [6.45, 7) is 2.06. The zero-order chi connectivity index (χ0) is 11.7. The van der Waals surface area contributed by atoms with Crippen LogP contribution in [-0.4, -0.2) is 18.1 Å². The summed E-state index contributed by atoms with van der Waals surface area (Å²) in [6.07, 6.45) is 3.74. The van der Waals surface area contributed by atoms with E-state index in [0.29, 0.717) is 0 Å². The third kappa shape index (κ3) is 2.25. The van der Waals surface area contributed by atoms with Gasteiger partial charge in [0.05, 0.1) is 9.72 Å². The molecular formula is C12H14ClN3S. The molecule has 2 heterocycles. The van der Waals surface area contributed by atoms with Gasteiger partial charge in [0, 0.05) is 13.1 Å². The number of para-hydroxylation sites is 1. The molecule has 2 aromatic rings. The van der Waals surface area contributed by atoms with Gasteiger partial charge in [-0.1, -0.05) is 35.4 Å². The minimum Gasteiger partial charge on any atom is -0.283 e. The molecule has 1 saturated heterocycles. The van der Waals surface area contributed by atoms with Crippen molar-refractivity contribution < 1.29 is 0 Å². The number of hydrogen-bond donors (Lipinski definition) is 1. The number of aromatic nitrogens is 1. The van der Waals surface area contributed by atoms with Crippen LogP contribution < -0.4 is 10.4 Å². The van der Waals surface area contributed by atoms with Crippen molar-refractivity contribution >= 4 is 38.3 Å².